The van der Waals surface area contributed by atoms with Crippen LogP contribution in [0.1, 0.15) is 32.8 Å². The van der Waals surface area contributed by atoms with Crippen molar-refractivity contribution >= 4 is 12.1 Å². The number of hydrogen-bond donors (Lipinski definition) is 1. The predicted octanol–water partition coefficient (Wildman–Crippen LogP) is 3.25. The van der Waals surface area contributed by atoms with E-state index in [4.69, 9.17) is 9.47 Å². The summed E-state index contributed by atoms with van der Waals surface area (Å²) >= 11 is 0. The fourth-order valence-electron chi connectivity index (χ4n) is 1.80. The molecule has 0 aliphatic rings. The first-order valence-electron chi connectivity index (χ1n) is 7.77. The van der Waals surface area contributed by atoms with Crippen LogP contribution in [-0.4, -0.2) is 36.9 Å². The molecule has 25 heavy (non-hydrogen) atoms. The van der Waals surface area contributed by atoms with Gasteiger partial charge in [0.2, 0.25) is 0 Å². The van der Waals surface area contributed by atoms with Gasteiger partial charge in [-0.15, -0.1) is 0 Å². The van der Waals surface area contributed by atoms with E-state index in [1.807, 2.05) is 6.07 Å². The highest BCUT2D eigenvalue weighted by Crippen LogP contribution is 2.09. The number of benzene rings is 1. The summed E-state index contributed by atoms with van der Waals surface area (Å²) in [5.74, 6) is -0.757. The largest absolute Gasteiger partial charge is 0.459 e. The smallest absolute Gasteiger partial charge is 0.408 e. The van der Waals surface area contributed by atoms with Crippen LogP contribution in [0.4, 0.5) is 13.6 Å². The van der Waals surface area contributed by atoms with Gasteiger partial charge in [-0.1, -0.05) is 30.3 Å². The molecule has 140 valence electrons. The molecule has 1 rings (SSSR count). The second-order valence-corrected chi connectivity index (χ2v) is 6.21. The molecule has 0 bridgehead atoms. The molecular weight excluding hydrogens is 336 g/mol. The molecule has 1 aromatic carbocycles. The Morgan fingerprint density at radius 1 is 1.16 bits per heavy atom. The van der Waals surface area contributed by atoms with Crippen LogP contribution in [-0.2, 0) is 25.6 Å². The lowest BCUT2D eigenvalue weighted by atomic mass is 10.2. The van der Waals surface area contributed by atoms with Crippen LogP contribution in [0.2, 0.25) is 0 Å². The summed E-state index contributed by atoms with van der Waals surface area (Å²) in [6.07, 6.45) is -1.01. The Kier molecular flexibility index (Phi) is 8.27. The second-order valence-electron chi connectivity index (χ2n) is 6.21. The van der Waals surface area contributed by atoms with E-state index in [1.54, 1.807) is 45.0 Å². The van der Waals surface area contributed by atoms with Gasteiger partial charge in [-0.25, -0.2) is 9.59 Å². The molecule has 0 aliphatic heterocycles. The van der Waals surface area contributed by atoms with Crippen LogP contribution < -0.4 is 5.32 Å². The van der Waals surface area contributed by atoms with Gasteiger partial charge in [0.05, 0.1) is 6.61 Å². The van der Waals surface area contributed by atoms with Gasteiger partial charge in [0.25, 0.3) is 0 Å². The molecule has 1 N–H and O–H groups in total. The standard InChI is InChI=1S/C17H23F2NO5/c1-17(2,3)25-16(22)20-13(9-10-23-15(18)19)14(21)24-11-12-7-5-4-6-8-12/h4-8,13,15H,9-11H2,1-3H3,(H,20,22). The lowest BCUT2D eigenvalue weighted by Gasteiger charge is -2.23. The number of amides is 1. The number of nitrogens with one attached hydrogen (secondary N) is 1. The average Bonchev–Trinajstić information content (AvgIpc) is 2.50. The molecule has 0 saturated carbocycles. The minimum atomic E-state index is -2.96. The fraction of sp³-hybridized carbons (Fsp3) is 0.529. The molecule has 0 aliphatic carbocycles. The van der Waals surface area contributed by atoms with E-state index in [1.165, 1.54) is 0 Å². The monoisotopic (exact) mass is 359 g/mol. The Bertz CT molecular complexity index is 546. The fourth-order valence-corrected chi connectivity index (χ4v) is 1.80. The van der Waals surface area contributed by atoms with Crippen molar-refractivity contribution in [2.75, 3.05) is 6.61 Å². The molecule has 0 spiro atoms. The van der Waals surface area contributed by atoms with Crippen molar-refractivity contribution in [3.8, 4) is 0 Å². The van der Waals surface area contributed by atoms with E-state index in [0.29, 0.717) is 0 Å². The van der Waals surface area contributed by atoms with Crippen molar-refractivity contribution in [1.29, 1.82) is 0 Å². The van der Waals surface area contributed by atoms with E-state index in [2.05, 4.69) is 10.1 Å². The Morgan fingerprint density at radius 2 is 1.80 bits per heavy atom. The van der Waals surface area contributed by atoms with Crippen LogP contribution >= 0.6 is 0 Å². The number of ether oxygens (including phenoxy) is 3. The number of halogens is 2. The summed E-state index contributed by atoms with van der Waals surface area (Å²) < 4.78 is 38.5. The Hall–Kier alpha value is -2.22. The van der Waals surface area contributed by atoms with E-state index >= 15 is 0 Å². The first-order chi connectivity index (χ1) is 11.7. The van der Waals surface area contributed by atoms with Crippen molar-refractivity contribution in [1.82, 2.24) is 5.32 Å². The molecule has 1 amide bonds. The highest BCUT2D eigenvalue weighted by atomic mass is 19.3. The SMILES string of the molecule is CC(C)(C)OC(=O)NC(CCOC(F)F)C(=O)OCc1ccccc1. The number of hydrogen-bond acceptors (Lipinski definition) is 5. The number of alkyl carbamates (subject to hydrolysis) is 1. The molecule has 0 radical (unpaired) electrons. The van der Waals surface area contributed by atoms with Gasteiger partial charge >= 0.3 is 18.7 Å². The van der Waals surface area contributed by atoms with Crippen LogP contribution in [0.3, 0.4) is 0 Å². The average molecular weight is 359 g/mol. The summed E-state index contributed by atoms with van der Waals surface area (Å²) in [5, 5.41) is 2.32. The number of carbonyl (C=O) groups is 2. The topological polar surface area (TPSA) is 73.9 Å². The summed E-state index contributed by atoms with van der Waals surface area (Å²) in [7, 11) is 0. The van der Waals surface area contributed by atoms with Gasteiger partial charge in [0.15, 0.2) is 0 Å². The normalized spacial score (nSPS) is 12.6. The molecule has 6 nitrogen and oxygen atoms in total. The maximum Gasteiger partial charge on any atom is 0.408 e. The van der Waals surface area contributed by atoms with Gasteiger partial charge in [0, 0.05) is 6.42 Å². The molecule has 8 heteroatoms. The highest BCUT2D eigenvalue weighted by molar-refractivity contribution is 5.81. The lowest BCUT2D eigenvalue weighted by molar-refractivity contribution is -0.151. The molecule has 0 aromatic heterocycles. The molecular formula is C17H23F2NO5. The van der Waals surface area contributed by atoms with E-state index < -0.39 is 36.9 Å². The first kappa shape index (κ1) is 20.8. The highest BCUT2D eigenvalue weighted by Gasteiger charge is 2.26. The number of esters is 1. The quantitative estimate of drug-likeness (QED) is 0.721. The van der Waals surface area contributed by atoms with E-state index in [0.717, 1.165) is 5.56 Å². The number of alkyl halides is 2. The van der Waals surface area contributed by atoms with Gasteiger partial charge < -0.3 is 19.5 Å². The summed E-state index contributed by atoms with van der Waals surface area (Å²) in [4.78, 5) is 24.0. The minimum absolute atomic E-state index is 0.00186. The third kappa shape index (κ3) is 9.61. The maximum atomic E-state index is 12.2. The Morgan fingerprint density at radius 3 is 2.36 bits per heavy atom. The molecule has 0 heterocycles. The molecule has 1 unspecified atom stereocenters. The summed E-state index contributed by atoms with van der Waals surface area (Å²) in [6.45, 7) is 1.61. The molecule has 0 fully saturated rings. The van der Waals surface area contributed by atoms with Crippen molar-refractivity contribution in [3.05, 3.63) is 35.9 Å². The first-order valence-corrected chi connectivity index (χ1v) is 7.77. The zero-order chi connectivity index (χ0) is 18.9. The van der Waals surface area contributed by atoms with Crippen LogP contribution in [0.5, 0.6) is 0 Å². The molecule has 0 saturated heterocycles. The minimum Gasteiger partial charge on any atom is -0.459 e. The maximum absolute atomic E-state index is 12.2. The van der Waals surface area contributed by atoms with E-state index in [-0.39, 0.29) is 13.0 Å². The zero-order valence-electron chi connectivity index (χ0n) is 14.5. The van der Waals surface area contributed by atoms with Crippen LogP contribution in [0.25, 0.3) is 0 Å². The number of carbonyl (C=O) groups excluding carboxylic acids is 2. The summed E-state index contributed by atoms with van der Waals surface area (Å²) in [5.41, 5.74) is -0.00195. The van der Waals surface area contributed by atoms with Crippen molar-refractivity contribution < 1.29 is 32.6 Å². The number of rotatable bonds is 8. The predicted molar refractivity (Wildman–Crippen MR) is 86.0 cm³/mol. The van der Waals surface area contributed by atoms with Gasteiger partial charge in [-0.05, 0) is 26.3 Å². The molecule has 1 atom stereocenters. The van der Waals surface area contributed by atoms with Gasteiger partial charge in [-0.2, -0.15) is 8.78 Å². The summed E-state index contributed by atoms with van der Waals surface area (Å²) in [6, 6.07) is 7.77. The second kappa shape index (κ2) is 9.93. The molecule has 1 aromatic rings. The zero-order valence-corrected chi connectivity index (χ0v) is 14.5. The third-order valence-corrected chi connectivity index (χ3v) is 2.85. The van der Waals surface area contributed by atoms with Crippen molar-refractivity contribution in [2.24, 2.45) is 0 Å². The van der Waals surface area contributed by atoms with Gasteiger partial charge in [-0.3, -0.25) is 0 Å². The van der Waals surface area contributed by atoms with Crippen molar-refractivity contribution in [3.63, 3.8) is 0 Å². The Balaban J connectivity index is 2.61. The van der Waals surface area contributed by atoms with Crippen molar-refractivity contribution in [2.45, 2.75) is 52.1 Å². The Labute approximate surface area is 145 Å². The van der Waals surface area contributed by atoms with E-state index in [9.17, 15) is 18.4 Å². The van der Waals surface area contributed by atoms with Gasteiger partial charge in [0.1, 0.15) is 18.2 Å². The van der Waals surface area contributed by atoms with Crippen LogP contribution in [0, 0.1) is 0 Å². The third-order valence-electron chi connectivity index (χ3n) is 2.85. The lowest BCUT2D eigenvalue weighted by Crippen LogP contribution is -2.44. The van der Waals surface area contributed by atoms with Crippen LogP contribution in [0.15, 0.2) is 30.3 Å².